The Morgan fingerprint density at radius 2 is 1.58 bits per heavy atom. The van der Waals surface area contributed by atoms with Crippen LogP contribution in [0.25, 0.3) is 0 Å². The van der Waals surface area contributed by atoms with E-state index in [1.807, 2.05) is 13.8 Å². The average molecular weight is 292 g/mol. The van der Waals surface area contributed by atoms with Crippen LogP contribution in [0.1, 0.15) is 46.5 Å². The Morgan fingerprint density at radius 1 is 1.00 bits per heavy atom. The third-order valence-electron chi connectivity index (χ3n) is 3.17. The number of rotatable bonds is 10. The van der Waals surface area contributed by atoms with E-state index in [0.717, 1.165) is 19.3 Å². The van der Waals surface area contributed by atoms with Gasteiger partial charge in [0.15, 0.2) is 0 Å². The average Bonchev–Trinajstić information content (AvgIpc) is 2.33. The quantitative estimate of drug-likeness (QED) is 0.576. The molecule has 0 bridgehead atoms. The summed E-state index contributed by atoms with van der Waals surface area (Å²) in [7, 11) is -3.22. The van der Waals surface area contributed by atoms with E-state index in [4.69, 9.17) is 0 Å². The molecule has 0 aliphatic rings. The van der Waals surface area contributed by atoms with Crippen LogP contribution in [0.3, 0.4) is 0 Å². The topological polar surface area (TPSA) is 57.7 Å². The van der Waals surface area contributed by atoms with Crippen LogP contribution in [0.15, 0.2) is 0 Å². The number of hydrogen-bond donors (Lipinski definition) is 0. The molecule has 0 heterocycles. The van der Waals surface area contributed by atoms with E-state index >= 15 is 0 Å². The van der Waals surface area contributed by atoms with E-state index < -0.39 is 10.0 Å². The number of carbonyl (C=O) groups excluding carboxylic acids is 1. The monoisotopic (exact) mass is 292 g/mol. The molecule has 0 aromatic carbocycles. The van der Waals surface area contributed by atoms with Gasteiger partial charge >= 0.3 is 0 Å². The van der Waals surface area contributed by atoms with Crippen molar-refractivity contribution in [2.75, 3.05) is 32.4 Å². The van der Waals surface area contributed by atoms with Crippen molar-refractivity contribution in [2.45, 2.75) is 46.5 Å². The maximum atomic E-state index is 11.9. The Balaban J connectivity index is 4.38. The lowest BCUT2D eigenvalue weighted by Crippen LogP contribution is -2.37. The number of sulfonamides is 1. The first-order valence-corrected chi connectivity index (χ1v) is 8.94. The van der Waals surface area contributed by atoms with Gasteiger partial charge in [-0.1, -0.05) is 19.8 Å². The van der Waals surface area contributed by atoms with E-state index in [-0.39, 0.29) is 18.9 Å². The second-order valence-corrected chi connectivity index (χ2v) is 6.67. The van der Waals surface area contributed by atoms with Gasteiger partial charge in [-0.25, -0.2) is 12.7 Å². The second-order valence-electron chi connectivity index (χ2n) is 4.69. The Labute approximate surface area is 118 Å². The third-order valence-corrected chi connectivity index (χ3v) is 4.47. The van der Waals surface area contributed by atoms with Crippen molar-refractivity contribution in [2.24, 2.45) is 0 Å². The van der Waals surface area contributed by atoms with Gasteiger partial charge in [0.05, 0.1) is 6.26 Å². The summed E-state index contributed by atoms with van der Waals surface area (Å²) in [6.07, 6.45) is 4.39. The number of unbranched alkanes of at least 4 members (excludes halogenated alkanes) is 2. The fraction of sp³-hybridized carbons (Fsp3) is 0.923. The van der Waals surface area contributed by atoms with Crippen molar-refractivity contribution < 1.29 is 13.2 Å². The highest BCUT2D eigenvalue weighted by Crippen LogP contribution is 2.06. The second kappa shape index (κ2) is 9.31. The summed E-state index contributed by atoms with van der Waals surface area (Å²) in [6, 6.07) is 0. The van der Waals surface area contributed by atoms with Gasteiger partial charge in [-0.05, 0) is 20.3 Å². The number of amides is 1. The van der Waals surface area contributed by atoms with Gasteiger partial charge in [0.25, 0.3) is 0 Å². The molecule has 114 valence electrons. The van der Waals surface area contributed by atoms with E-state index in [1.54, 1.807) is 4.90 Å². The van der Waals surface area contributed by atoms with Gasteiger partial charge in [0.2, 0.25) is 15.9 Å². The van der Waals surface area contributed by atoms with Crippen molar-refractivity contribution in [1.29, 1.82) is 0 Å². The molecule has 0 saturated heterocycles. The molecule has 0 rings (SSSR count). The van der Waals surface area contributed by atoms with Gasteiger partial charge in [-0.2, -0.15) is 0 Å². The summed E-state index contributed by atoms with van der Waals surface area (Å²) in [6.45, 7) is 8.08. The summed E-state index contributed by atoms with van der Waals surface area (Å²) < 4.78 is 24.7. The maximum Gasteiger partial charge on any atom is 0.223 e. The van der Waals surface area contributed by atoms with Gasteiger partial charge in [-0.3, -0.25) is 4.79 Å². The molecule has 1 amide bonds. The van der Waals surface area contributed by atoms with Crippen LogP contribution in [0.5, 0.6) is 0 Å². The Hall–Kier alpha value is -0.620. The van der Waals surface area contributed by atoms with Crippen LogP contribution in [-0.4, -0.2) is 56.0 Å². The molecule has 0 N–H and O–H groups in total. The molecule has 0 aliphatic carbocycles. The van der Waals surface area contributed by atoms with Gasteiger partial charge < -0.3 is 4.90 Å². The van der Waals surface area contributed by atoms with Crippen LogP contribution in [0, 0.1) is 0 Å². The summed E-state index contributed by atoms with van der Waals surface area (Å²) in [5, 5.41) is 0. The molecule has 0 unspecified atom stereocenters. The number of carbonyl (C=O) groups is 1. The standard InChI is InChI=1S/C13H28N2O3S/c1-5-8-9-11-15(19(4,17)18)12-10-13(16)14(6-2)7-3/h5-12H2,1-4H3. The minimum absolute atomic E-state index is 0.0224. The van der Waals surface area contributed by atoms with Crippen LogP contribution in [0.2, 0.25) is 0 Å². The molecule has 19 heavy (non-hydrogen) atoms. The predicted octanol–water partition coefficient (Wildman–Crippen LogP) is 1.70. The molecule has 0 aromatic heterocycles. The predicted molar refractivity (Wildman–Crippen MR) is 78.5 cm³/mol. The van der Waals surface area contributed by atoms with Crippen LogP contribution >= 0.6 is 0 Å². The van der Waals surface area contributed by atoms with E-state index in [2.05, 4.69) is 6.92 Å². The first-order chi connectivity index (χ1) is 8.86. The fourth-order valence-electron chi connectivity index (χ4n) is 1.94. The van der Waals surface area contributed by atoms with Crippen LogP contribution < -0.4 is 0 Å². The molecule has 0 aliphatic heterocycles. The first kappa shape index (κ1) is 18.4. The third kappa shape index (κ3) is 7.52. The van der Waals surface area contributed by atoms with Crippen molar-refractivity contribution in [3.8, 4) is 0 Å². The SMILES string of the molecule is CCCCCN(CCC(=O)N(CC)CC)S(C)(=O)=O. The molecule has 0 aromatic rings. The zero-order valence-electron chi connectivity index (χ0n) is 12.7. The Bertz CT molecular complexity index is 351. The normalized spacial score (nSPS) is 11.8. The molecule has 0 radical (unpaired) electrons. The lowest BCUT2D eigenvalue weighted by Gasteiger charge is -2.22. The minimum Gasteiger partial charge on any atom is -0.343 e. The van der Waals surface area contributed by atoms with Crippen molar-refractivity contribution >= 4 is 15.9 Å². The van der Waals surface area contributed by atoms with Gasteiger partial charge in [-0.15, -0.1) is 0 Å². The van der Waals surface area contributed by atoms with E-state index in [1.165, 1.54) is 10.6 Å². The largest absolute Gasteiger partial charge is 0.343 e. The lowest BCUT2D eigenvalue weighted by atomic mass is 10.2. The van der Waals surface area contributed by atoms with Crippen molar-refractivity contribution in [3.63, 3.8) is 0 Å². The molecule has 0 saturated carbocycles. The molecule has 0 fully saturated rings. The molecule has 6 heteroatoms. The molecule has 5 nitrogen and oxygen atoms in total. The highest BCUT2D eigenvalue weighted by Gasteiger charge is 2.18. The Morgan fingerprint density at radius 3 is 2.00 bits per heavy atom. The highest BCUT2D eigenvalue weighted by molar-refractivity contribution is 7.88. The van der Waals surface area contributed by atoms with Crippen molar-refractivity contribution in [1.82, 2.24) is 9.21 Å². The molecular formula is C13H28N2O3S. The number of hydrogen-bond acceptors (Lipinski definition) is 3. The Kier molecular flexibility index (Phi) is 9.01. The fourth-order valence-corrected chi connectivity index (χ4v) is 2.82. The first-order valence-electron chi connectivity index (χ1n) is 7.09. The zero-order valence-corrected chi connectivity index (χ0v) is 13.5. The molecular weight excluding hydrogens is 264 g/mol. The minimum atomic E-state index is -3.22. The molecule has 0 atom stereocenters. The van der Waals surface area contributed by atoms with E-state index in [0.29, 0.717) is 19.6 Å². The highest BCUT2D eigenvalue weighted by atomic mass is 32.2. The van der Waals surface area contributed by atoms with Gasteiger partial charge in [0.1, 0.15) is 0 Å². The summed E-state index contributed by atoms with van der Waals surface area (Å²) in [5.41, 5.74) is 0. The summed E-state index contributed by atoms with van der Waals surface area (Å²) in [5.74, 6) is 0.0224. The maximum absolute atomic E-state index is 11.9. The summed E-state index contributed by atoms with van der Waals surface area (Å²) >= 11 is 0. The molecule has 0 spiro atoms. The van der Waals surface area contributed by atoms with Crippen LogP contribution in [-0.2, 0) is 14.8 Å². The lowest BCUT2D eigenvalue weighted by molar-refractivity contribution is -0.130. The zero-order chi connectivity index (χ0) is 14.9. The van der Waals surface area contributed by atoms with E-state index in [9.17, 15) is 13.2 Å². The number of nitrogens with zero attached hydrogens (tertiary/aromatic N) is 2. The van der Waals surface area contributed by atoms with Crippen LogP contribution in [0.4, 0.5) is 0 Å². The van der Waals surface area contributed by atoms with Crippen molar-refractivity contribution in [3.05, 3.63) is 0 Å². The summed E-state index contributed by atoms with van der Waals surface area (Å²) in [4.78, 5) is 13.6. The smallest absolute Gasteiger partial charge is 0.223 e. The van der Waals surface area contributed by atoms with Gasteiger partial charge in [0, 0.05) is 32.6 Å².